The van der Waals surface area contributed by atoms with E-state index in [4.69, 9.17) is 0 Å². The molecule has 4 nitrogen and oxygen atoms in total. The van der Waals surface area contributed by atoms with Gasteiger partial charge in [-0.25, -0.2) is 0 Å². The van der Waals surface area contributed by atoms with Crippen molar-refractivity contribution < 1.29 is 4.79 Å². The molecular weight excluding hydrogens is 274 g/mol. The highest BCUT2D eigenvalue weighted by Crippen LogP contribution is 2.19. The number of allylic oxidation sites excluding steroid dienone is 1. The molecule has 22 heavy (non-hydrogen) atoms. The zero-order valence-electron chi connectivity index (χ0n) is 14.4. The molecule has 2 aliphatic rings. The molecule has 0 radical (unpaired) electrons. The number of amides is 1. The van der Waals surface area contributed by atoms with Crippen LogP contribution < -0.4 is 5.32 Å². The Morgan fingerprint density at radius 1 is 1.18 bits per heavy atom. The Balaban J connectivity index is 1.56. The van der Waals surface area contributed by atoms with E-state index in [0.717, 1.165) is 45.1 Å². The predicted molar refractivity (Wildman–Crippen MR) is 91.9 cm³/mol. The Labute approximate surface area is 135 Å². The number of hydrogen-bond donors (Lipinski definition) is 1. The van der Waals surface area contributed by atoms with Gasteiger partial charge in [0, 0.05) is 39.3 Å². The maximum Gasteiger partial charge on any atom is 0.234 e. The van der Waals surface area contributed by atoms with Crippen LogP contribution in [0.5, 0.6) is 0 Å². The minimum absolute atomic E-state index is 0.189. The Hall–Kier alpha value is -0.870. The minimum Gasteiger partial charge on any atom is -0.355 e. The number of carbonyl (C=O) groups is 1. The van der Waals surface area contributed by atoms with E-state index >= 15 is 0 Å². The average Bonchev–Trinajstić information content (AvgIpc) is 2.50. The maximum atomic E-state index is 12.0. The quantitative estimate of drug-likeness (QED) is 0.733. The van der Waals surface area contributed by atoms with Crippen LogP contribution >= 0.6 is 0 Å². The number of piperazine rings is 1. The second kappa shape index (κ2) is 9.31. The molecule has 0 aromatic rings. The maximum absolute atomic E-state index is 12.0. The van der Waals surface area contributed by atoms with Crippen LogP contribution in [-0.4, -0.2) is 61.5 Å². The van der Waals surface area contributed by atoms with Gasteiger partial charge < -0.3 is 10.2 Å². The summed E-state index contributed by atoms with van der Waals surface area (Å²) >= 11 is 0. The first-order valence-corrected chi connectivity index (χ1v) is 9.03. The van der Waals surface area contributed by atoms with E-state index in [1.807, 2.05) is 0 Å². The van der Waals surface area contributed by atoms with Gasteiger partial charge in [0.1, 0.15) is 0 Å². The van der Waals surface area contributed by atoms with Crippen LogP contribution in [0.25, 0.3) is 0 Å². The summed E-state index contributed by atoms with van der Waals surface area (Å²) in [4.78, 5) is 16.8. The lowest BCUT2D eigenvalue weighted by Gasteiger charge is -2.35. The van der Waals surface area contributed by atoms with Crippen LogP contribution in [0.3, 0.4) is 0 Å². The molecule has 1 heterocycles. The molecule has 0 atom stereocenters. The van der Waals surface area contributed by atoms with Gasteiger partial charge in [-0.1, -0.05) is 25.5 Å². The Kier molecular flexibility index (Phi) is 7.40. The Morgan fingerprint density at radius 2 is 1.91 bits per heavy atom. The summed E-state index contributed by atoms with van der Waals surface area (Å²) in [7, 11) is 0. The first-order chi connectivity index (χ1) is 10.6. The fourth-order valence-electron chi connectivity index (χ4n) is 3.40. The van der Waals surface area contributed by atoms with Gasteiger partial charge in [-0.2, -0.15) is 0 Å². The van der Waals surface area contributed by atoms with Crippen LogP contribution in [0.2, 0.25) is 0 Å². The second-order valence-corrected chi connectivity index (χ2v) is 7.18. The van der Waals surface area contributed by atoms with Crippen molar-refractivity contribution in [2.45, 2.75) is 46.0 Å². The summed E-state index contributed by atoms with van der Waals surface area (Å²) in [6, 6.07) is 0. The third-order valence-electron chi connectivity index (χ3n) is 4.61. The monoisotopic (exact) mass is 307 g/mol. The molecule has 0 aromatic carbocycles. The summed E-state index contributed by atoms with van der Waals surface area (Å²) in [5, 5.41) is 3.09. The van der Waals surface area contributed by atoms with E-state index in [-0.39, 0.29) is 5.91 Å². The van der Waals surface area contributed by atoms with Crippen molar-refractivity contribution in [3.05, 3.63) is 11.6 Å². The molecule has 126 valence electrons. The van der Waals surface area contributed by atoms with Crippen molar-refractivity contribution in [3.63, 3.8) is 0 Å². The van der Waals surface area contributed by atoms with Crippen molar-refractivity contribution in [1.29, 1.82) is 0 Å². The van der Waals surface area contributed by atoms with E-state index in [0.29, 0.717) is 6.54 Å². The molecule has 4 heteroatoms. The van der Waals surface area contributed by atoms with E-state index < -0.39 is 0 Å². The molecule has 0 unspecified atom stereocenters. The van der Waals surface area contributed by atoms with Crippen LogP contribution in [0.4, 0.5) is 0 Å². The first kappa shape index (κ1) is 17.5. The van der Waals surface area contributed by atoms with Gasteiger partial charge in [0.25, 0.3) is 0 Å². The molecule has 1 amide bonds. The average molecular weight is 307 g/mol. The van der Waals surface area contributed by atoms with Crippen LogP contribution in [0.15, 0.2) is 11.6 Å². The van der Waals surface area contributed by atoms with E-state index in [2.05, 4.69) is 35.0 Å². The highest BCUT2D eigenvalue weighted by atomic mass is 16.2. The molecule has 1 N–H and O–H groups in total. The second-order valence-electron chi connectivity index (χ2n) is 7.18. The molecule has 1 aliphatic heterocycles. The molecule has 0 aromatic heterocycles. The van der Waals surface area contributed by atoms with Crippen LogP contribution in [0.1, 0.15) is 46.0 Å². The largest absolute Gasteiger partial charge is 0.355 e. The van der Waals surface area contributed by atoms with E-state index in [9.17, 15) is 4.79 Å². The normalized spacial score (nSPS) is 21.0. The van der Waals surface area contributed by atoms with Crippen molar-refractivity contribution in [2.75, 3.05) is 45.8 Å². The molecule has 1 aliphatic carbocycles. The molecule has 0 bridgehead atoms. The summed E-state index contributed by atoms with van der Waals surface area (Å²) in [5.74, 6) is 0.914. The number of carbonyl (C=O) groups excluding carboxylic acids is 1. The van der Waals surface area contributed by atoms with Gasteiger partial charge >= 0.3 is 0 Å². The van der Waals surface area contributed by atoms with Gasteiger partial charge in [0.15, 0.2) is 0 Å². The molecule has 1 fully saturated rings. The van der Waals surface area contributed by atoms with Gasteiger partial charge in [-0.3, -0.25) is 9.69 Å². The third kappa shape index (κ3) is 6.49. The summed E-state index contributed by atoms with van der Waals surface area (Å²) in [5.41, 5.74) is 1.54. The highest BCUT2D eigenvalue weighted by molar-refractivity contribution is 5.78. The lowest BCUT2D eigenvalue weighted by Crippen LogP contribution is -2.50. The van der Waals surface area contributed by atoms with Crippen LogP contribution in [-0.2, 0) is 4.79 Å². The lowest BCUT2D eigenvalue weighted by atomic mass is 9.97. The Bertz CT molecular complexity index is 371. The molecular formula is C18H33N3O. The minimum atomic E-state index is 0.189. The number of nitrogens with zero attached hydrogens (tertiary/aromatic N) is 2. The van der Waals surface area contributed by atoms with Gasteiger partial charge in [-0.05, 0) is 38.0 Å². The zero-order valence-corrected chi connectivity index (χ0v) is 14.4. The smallest absolute Gasteiger partial charge is 0.234 e. The summed E-state index contributed by atoms with van der Waals surface area (Å²) in [6.07, 6.45) is 8.51. The summed E-state index contributed by atoms with van der Waals surface area (Å²) in [6.45, 7) is 11.3. The number of rotatable bonds is 7. The molecule has 0 saturated carbocycles. The number of hydrogen-bond acceptors (Lipinski definition) is 3. The summed E-state index contributed by atoms with van der Waals surface area (Å²) < 4.78 is 0. The first-order valence-electron chi connectivity index (χ1n) is 9.03. The zero-order chi connectivity index (χ0) is 15.8. The Morgan fingerprint density at radius 3 is 2.55 bits per heavy atom. The fourth-order valence-corrected chi connectivity index (χ4v) is 3.40. The topological polar surface area (TPSA) is 35.6 Å². The van der Waals surface area contributed by atoms with E-state index in [1.54, 1.807) is 0 Å². The van der Waals surface area contributed by atoms with Crippen LogP contribution in [0, 0.1) is 5.92 Å². The van der Waals surface area contributed by atoms with Gasteiger partial charge in [0.05, 0.1) is 6.54 Å². The lowest BCUT2D eigenvalue weighted by molar-refractivity contribution is -0.122. The predicted octanol–water partition coefficient (Wildman–Crippen LogP) is 2.27. The van der Waals surface area contributed by atoms with Crippen molar-refractivity contribution in [3.8, 4) is 0 Å². The standard InChI is InChI=1S/C18H33N3O/c1-16(2)14-20-10-12-21(13-11-20)15-18(22)19-9-8-17-6-4-3-5-7-17/h6,16H,3-5,7-15H2,1-2H3,(H,19,22). The van der Waals surface area contributed by atoms with Crippen molar-refractivity contribution >= 4 is 5.91 Å². The molecule has 0 spiro atoms. The molecule has 2 rings (SSSR count). The van der Waals surface area contributed by atoms with Gasteiger partial charge in [0.2, 0.25) is 5.91 Å². The third-order valence-corrected chi connectivity index (χ3v) is 4.61. The van der Waals surface area contributed by atoms with E-state index in [1.165, 1.54) is 37.8 Å². The van der Waals surface area contributed by atoms with Crippen molar-refractivity contribution in [2.24, 2.45) is 5.92 Å². The number of nitrogens with one attached hydrogen (secondary N) is 1. The SMILES string of the molecule is CC(C)CN1CCN(CC(=O)NCCC2=CCCCC2)CC1. The van der Waals surface area contributed by atoms with Gasteiger partial charge in [-0.15, -0.1) is 0 Å². The molecule has 1 saturated heterocycles. The highest BCUT2D eigenvalue weighted by Gasteiger charge is 2.19. The van der Waals surface area contributed by atoms with Crippen molar-refractivity contribution in [1.82, 2.24) is 15.1 Å². The fraction of sp³-hybridized carbons (Fsp3) is 0.833.